The number of rotatable bonds is 11. The summed E-state index contributed by atoms with van der Waals surface area (Å²) in [5, 5.41) is 0. The molecule has 0 aliphatic rings. The number of thiol groups is 1. The fourth-order valence-corrected chi connectivity index (χ4v) is 2.53. The quantitative estimate of drug-likeness (QED) is 0.256. The molecule has 0 N–H and O–H groups in total. The van der Waals surface area contributed by atoms with E-state index in [0.717, 1.165) is 6.42 Å². The highest BCUT2D eigenvalue weighted by molar-refractivity contribution is 7.80. The number of hydrogen-bond acceptors (Lipinski definition) is 3. The second-order valence-electron chi connectivity index (χ2n) is 5.48. The Balaban J connectivity index is 2.14. The average molecular weight is 308 g/mol. The Labute approximate surface area is 134 Å². The topological polar surface area (TPSA) is 26.3 Å². The largest absolute Gasteiger partial charge is 0.451 e. The Kier molecular flexibility index (Phi) is 10.1. The van der Waals surface area contributed by atoms with Crippen LogP contribution in [0, 0.1) is 0 Å². The minimum absolute atomic E-state index is 0.124. The average Bonchev–Trinajstić information content (AvgIpc) is 2.51. The molecule has 3 heteroatoms. The van der Waals surface area contributed by atoms with Crippen LogP contribution in [0.15, 0.2) is 24.3 Å². The van der Waals surface area contributed by atoms with Crippen molar-refractivity contribution in [1.29, 1.82) is 0 Å². The Hall–Kier alpha value is -0.960. The summed E-state index contributed by atoms with van der Waals surface area (Å²) in [6.07, 6.45) is 11.8. The fraction of sp³-hybridized carbons (Fsp3) is 0.611. The zero-order valence-electron chi connectivity index (χ0n) is 13.1. The van der Waals surface area contributed by atoms with E-state index in [-0.39, 0.29) is 11.9 Å². The van der Waals surface area contributed by atoms with Crippen LogP contribution in [0.3, 0.4) is 0 Å². The van der Waals surface area contributed by atoms with Gasteiger partial charge >= 0.3 is 5.97 Å². The van der Waals surface area contributed by atoms with Gasteiger partial charge in [0.05, 0.1) is 5.56 Å². The monoisotopic (exact) mass is 308 g/mol. The third kappa shape index (κ3) is 8.15. The maximum Gasteiger partial charge on any atom is 0.338 e. The molecule has 0 radical (unpaired) electrons. The van der Waals surface area contributed by atoms with Gasteiger partial charge in [0.15, 0.2) is 0 Å². The van der Waals surface area contributed by atoms with E-state index in [0.29, 0.717) is 5.56 Å². The van der Waals surface area contributed by atoms with Crippen LogP contribution in [0.4, 0.5) is 0 Å². The maximum absolute atomic E-state index is 11.5. The molecular weight excluding hydrogens is 280 g/mol. The van der Waals surface area contributed by atoms with Gasteiger partial charge in [-0.25, -0.2) is 4.79 Å². The Bertz CT molecular complexity index is 387. The van der Waals surface area contributed by atoms with E-state index < -0.39 is 0 Å². The van der Waals surface area contributed by atoms with Gasteiger partial charge in [0, 0.05) is 0 Å². The molecule has 1 aromatic carbocycles. The van der Waals surface area contributed by atoms with Gasteiger partial charge in [0.1, 0.15) is 5.94 Å². The van der Waals surface area contributed by atoms with Crippen molar-refractivity contribution in [3.63, 3.8) is 0 Å². The predicted molar refractivity (Wildman–Crippen MR) is 92.0 cm³/mol. The van der Waals surface area contributed by atoms with Crippen LogP contribution in [0.5, 0.6) is 0 Å². The first-order valence-corrected chi connectivity index (χ1v) is 8.78. The predicted octanol–water partition coefficient (Wildman–Crippen LogP) is 5.41. The van der Waals surface area contributed by atoms with Crippen LogP contribution in [-0.4, -0.2) is 11.9 Å². The van der Waals surface area contributed by atoms with Crippen LogP contribution in [0.2, 0.25) is 0 Å². The zero-order valence-corrected chi connectivity index (χ0v) is 14.0. The van der Waals surface area contributed by atoms with Gasteiger partial charge < -0.3 is 4.74 Å². The summed E-state index contributed by atoms with van der Waals surface area (Å²) in [7, 11) is 0. The van der Waals surface area contributed by atoms with Crippen molar-refractivity contribution < 1.29 is 9.53 Å². The lowest BCUT2D eigenvalue weighted by Gasteiger charge is -2.04. The Morgan fingerprint density at radius 2 is 1.52 bits per heavy atom. The molecule has 0 aliphatic heterocycles. The maximum atomic E-state index is 11.5. The van der Waals surface area contributed by atoms with Gasteiger partial charge in [-0.3, -0.25) is 0 Å². The van der Waals surface area contributed by atoms with Gasteiger partial charge in [0.2, 0.25) is 0 Å². The lowest BCUT2D eigenvalue weighted by molar-refractivity contribution is 0.0581. The molecule has 118 valence electrons. The van der Waals surface area contributed by atoms with E-state index in [1.54, 1.807) is 0 Å². The van der Waals surface area contributed by atoms with Gasteiger partial charge in [-0.15, -0.1) is 12.6 Å². The number of unbranched alkanes of at least 4 members (excludes halogenated alkanes) is 7. The lowest BCUT2D eigenvalue weighted by Crippen LogP contribution is -2.03. The number of benzene rings is 1. The van der Waals surface area contributed by atoms with E-state index in [1.165, 1.54) is 56.9 Å². The van der Waals surface area contributed by atoms with Gasteiger partial charge in [-0.1, -0.05) is 64.0 Å². The third-order valence-electron chi connectivity index (χ3n) is 3.70. The van der Waals surface area contributed by atoms with E-state index >= 15 is 0 Å². The minimum atomic E-state index is -0.302. The molecule has 0 bridgehead atoms. The summed E-state index contributed by atoms with van der Waals surface area (Å²) in [5.41, 5.74) is 1.90. The summed E-state index contributed by atoms with van der Waals surface area (Å²) in [6.45, 7) is 2.25. The Morgan fingerprint density at radius 3 is 2.10 bits per heavy atom. The first-order valence-electron chi connectivity index (χ1n) is 8.15. The molecule has 0 aliphatic carbocycles. The summed E-state index contributed by atoms with van der Waals surface area (Å²) < 4.78 is 4.85. The molecular formula is C18H28O2S. The molecule has 1 rings (SSSR count). The van der Waals surface area contributed by atoms with Crippen molar-refractivity contribution in [2.24, 2.45) is 0 Å². The van der Waals surface area contributed by atoms with Crippen LogP contribution < -0.4 is 0 Å². The SMILES string of the molecule is CCCCCCCCCCc1ccc(C(=O)OCS)cc1. The number of aryl methyl sites for hydroxylation is 1. The molecule has 2 nitrogen and oxygen atoms in total. The van der Waals surface area contributed by atoms with Gasteiger partial charge in [0.25, 0.3) is 0 Å². The highest BCUT2D eigenvalue weighted by atomic mass is 32.1. The number of hydrogen-bond donors (Lipinski definition) is 1. The zero-order chi connectivity index (χ0) is 15.3. The van der Waals surface area contributed by atoms with Crippen molar-refractivity contribution in [2.75, 3.05) is 5.94 Å². The van der Waals surface area contributed by atoms with Crippen LogP contribution >= 0.6 is 12.6 Å². The second kappa shape index (κ2) is 11.7. The summed E-state index contributed by atoms with van der Waals surface area (Å²) in [6, 6.07) is 7.73. The standard InChI is InChI=1S/C18H28O2S/c1-2-3-4-5-6-7-8-9-10-16-11-13-17(14-12-16)18(19)20-15-21/h11-14,21H,2-10,15H2,1H3. The molecule has 0 saturated carbocycles. The summed E-state index contributed by atoms with van der Waals surface area (Å²) in [4.78, 5) is 11.5. The molecule has 0 amide bonds. The minimum Gasteiger partial charge on any atom is -0.451 e. The van der Waals surface area contributed by atoms with Crippen molar-refractivity contribution in [1.82, 2.24) is 0 Å². The van der Waals surface area contributed by atoms with Crippen LogP contribution in [0.25, 0.3) is 0 Å². The molecule has 1 aromatic rings. The summed E-state index contributed by atoms with van der Waals surface area (Å²) in [5.74, 6) is -0.178. The molecule has 0 heterocycles. The molecule has 0 atom stereocenters. The highest BCUT2D eigenvalue weighted by Gasteiger charge is 2.05. The van der Waals surface area contributed by atoms with Gasteiger partial charge in [-0.05, 0) is 30.5 Å². The van der Waals surface area contributed by atoms with Crippen molar-refractivity contribution >= 4 is 18.6 Å². The van der Waals surface area contributed by atoms with Crippen LogP contribution in [-0.2, 0) is 11.2 Å². The van der Waals surface area contributed by atoms with Crippen molar-refractivity contribution in [2.45, 2.75) is 64.7 Å². The number of carbonyl (C=O) groups excluding carboxylic acids is 1. The van der Waals surface area contributed by atoms with Crippen LogP contribution in [0.1, 0.15) is 74.2 Å². The molecule has 0 spiro atoms. The molecule has 0 saturated heterocycles. The van der Waals surface area contributed by atoms with Crippen molar-refractivity contribution in [3.05, 3.63) is 35.4 Å². The molecule has 0 fully saturated rings. The number of carbonyl (C=O) groups is 1. The third-order valence-corrected chi connectivity index (χ3v) is 3.83. The molecule has 21 heavy (non-hydrogen) atoms. The highest BCUT2D eigenvalue weighted by Crippen LogP contribution is 2.12. The first-order chi connectivity index (χ1) is 10.3. The smallest absolute Gasteiger partial charge is 0.338 e. The van der Waals surface area contributed by atoms with E-state index in [4.69, 9.17) is 4.74 Å². The lowest BCUT2D eigenvalue weighted by atomic mass is 10.0. The summed E-state index contributed by atoms with van der Waals surface area (Å²) >= 11 is 3.88. The van der Waals surface area contributed by atoms with E-state index in [2.05, 4.69) is 19.6 Å². The molecule has 0 aromatic heterocycles. The normalized spacial score (nSPS) is 10.6. The number of esters is 1. The molecule has 0 unspecified atom stereocenters. The second-order valence-corrected chi connectivity index (χ2v) is 5.74. The van der Waals surface area contributed by atoms with E-state index in [9.17, 15) is 4.79 Å². The fourth-order valence-electron chi connectivity index (χ4n) is 2.41. The van der Waals surface area contributed by atoms with E-state index in [1.807, 2.05) is 24.3 Å². The van der Waals surface area contributed by atoms with Gasteiger partial charge in [-0.2, -0.15) is 0 Å². The number of ether oxygens (including phenoxy) is 1. The first kappa shape index (κ1) is 18.1. The Morgan fingerprint density at radius 1 is 0.952 bits per heavy atom. The van der Waals surface area contributed by atoms with Crippen molar-refractivity contribution in [3.8, 4) is 0 Å².